The van der Waals surface area contributed by atoms with Crippen molar-refractivity contribution in [2.24, 2.45) is 5.92 Å². The molecule has 1 fully saturated rings. The molecule has 2 unspecified atom stereocenters. The van der Waals surface area contributed by atoms with Gasteiger partial charge in [-0.25, -0.2) is 0 Å². The number of rotatable bonds is 2. The number of aromatic nitrogens is 1. The third-order valence-corrected chi connectivity index (χ3v) is 3.92. The van der Waals surface area contributed by atoms with Gasteiger partial charge in [-0.05, 0) is 51.3 Å². The summed E-state index contributed by atoms with van der Waals surface area (Å²) in [4.78, 5) is 30.0. The quantitative estimate of drug-likeness (QED) is 0.909. The lowest BCUT2D eigenvalue weighted by Crippen LogP contribution is -2.49. The highest BCUT2D eigenvalue weighted by Gasteiger charge is 2.42. The Kier molecular flexibility index (Phi) is 4.30. The van der Waals surface area contributed by atoms with Gasteiger partial charge in [0, 0.05) is 24.4 Å². The molecule has 1 aliphatic rings. The van der Waals surface area contributed by atoms with Gasteiger partial charge < -0.3 is 10.0 Å². The van der Waals surface area contributed by atoms with E-state index < -0.39 is 23.5 Å². The Balaban J connectivity index is 2.55. The Morgan fingerprint density at radius 2 is 1.95 bits per heavy atom. The van der Waals surface area contributed by atoms with Gasteiger partial charge in [-0.3, -0.25) is 14.6 Å². The average molecular weight is 290 g/mol. The van der Waals surface area contributed by atoms with Gasteiger partial charge in [-0.1, -0.05) is 0 Å². The topological polar surface area (TPSA) is 70.5 Å². The first kappa shape index (κ1) is 15.5. The predicted octanol–water partition coefficient (Wildman–Crippen LogP) is 2.63. The van der Waals surface area contributed by atoms with E-state index in [4.69, 9.17) is 0 Å². The largest absolute Gasteiger partial charge is 0.481 e. The summed E-state index contributed by atoms with van der Waals surface area (Å²) in [5, 5.41) is 9.61. The molecule has 2 atom stereocenters. The molecule has 0 saturated carbocycles. The summed E-state index contributed by atoms with van der Waals surface area (Å²) < 4.78 is 0. The Bertz CT molecular complexity index is 522. The van der Waals surface area contributed by atoms with Crippen LogP contribution in [0.15, 0.2) is 24.5 Å². The lowest BCUT2D eigenvalue weighted by Gasteiger charge is -2.43. The van der Waals surface area contributed by atoms with E-state index >= 15 is 0 Å². The van der Waals surface area contributed by atoms with Crippen molar-refractivity contribution < 1.29 is 14.7 Å². The standard InChI is InChI=1S/C16H22N2O3/c1-16(2,3)18-13(19)6-4-5-12(15(20)21)14(18)11-7-9-17-10-8-11/h7-10,12,14H,4-6H2,1-3H3,(H,20,21). The predicted molar refractivity (Wildman–Crippen MR) is 78.6 cm³/mol. The van der Waals surface area contributed by atoms with E-state index in [1.165, 1.54) is 0 Å². The van der Waals surface area contributed by atoms with Crippen LogP contribution in [0.2, 0.25) is 0 Å². The lowest BCUT2D eigenvalue weighted by molar-refractivity contribution is -0.149. The van der Waals surface area contributed by atoms with Crippen LogP contribution in [-0.4, -0.2) is 32.4 Å². The molecular formula is C16H22N2O3. The molecule has 2 rings (SSSR count). The maximum atomic E-state index is 12.5. The fraction of sp³-hybridized carbons (Fsp3) is 0.562. The molecule has 1 aliphatic heterocycles. The molecule has 5 nitrogen and oxygen atoms in total. The summed E-state index contributed by atoms with van der Waals surface area (Å²) in [6, 6.07) is 3.16. The highest BCUT2D eigenvalue weighted by Crippen LogP contribution is 2.39. The van der Waals surface area contributed by atoms with E-state index in [1.807, 2.05) is 20.8 Å². The number of carboxylic acids is 1. The van der Waals surface area contributed by atoms with Crippen LogP contribution in [0.4, 0.5) is 0 Å². The first-order chi connectivity index (χ1) is 9.82. The minimum Gasteiger partial charge on any atom is -0.481 e. The number of aliphatic carboxylic acids is 1. The van der Waals surface area contributed by atoms with Crippen molar-refractivity contribution >= 4 is 11.9 Å². The van der Waals surface area contributed by atoms with Crippen molar-refractivity contribution in [3.05, 3.63) is 30.1 Å². The van der Waals surface area contributed by atoms with E-state index in [2.05, 4.69) is 4.98 Å². The van der Waals surface area contributed by atoms with Gasteiger partial charge in [0.25, 0.3) is 0 Å². The van der Waals surface area contributed by atoms with E-state index in [0.29, 0.717) is 19.3 Å². The summed E-state index contributed by atoms with van der Waals surface area (Å²) in [7, 11) is 0. The van der Waals surface area contributed by atoms with E-state index in [9.17, 15) is 14.7 Å². The van der Waals surface area contributed by atoms with E-state index in [0.717, 1.165) is 5.56 Å². The molecule has 1 saturated heterocycles. The van der Waals surface area contributed by atoms with Crippen molar-refractivity contribution in [2.45, 2.75) is 51.6 Å². The van der Waals surface area contributed by atoms with Crippen LogP contribution in [0.1, 0.15) is 51.6 Å². The molecule has 0 aliphatic carbocycles. The molecular weight excluding hydrogens is 268 g/mol. The minimum atomic E-state index is -0.847. The lowest BCUT2D eigenvalue weighted by atomic mass is 9.87. The Morgan fingerprint density at radius 3 is 2.48 bits per heavy atom. The zero-order chi connectivity index (χ0) is 15.6. The number of nitrogens with zero attached hydrogens (tertiary/aromatic N) is 2. The number of carbonyl (C=O) groups is 2. The molecule has 1 aromatic rings. The molecule has 114 valence electrons. The highest BCUT2D eigenvalue weighted by molar-refractivity contribution is 5.80. The first-order valence-corrected chi connectivity index (χ1v) is 7.27. The number of hydrogen-bond donors (Lipinski definition) is 1. The Morgan fingerprint density at radius 1 is 1.33 bits per heavy atom. The molecule has 1 aromatic heterocycles. The molecule has 0 aromatic carbocycles. The van der Waals surface area contributed by atoms with Crippen molar-refractivity contribution in [1.29, 1.82) is 0 Å². The van der Waals surface area contributed by atoms with Gasteiger partial charge in [-0.2, -0.15) is 0 Å². The normalized spacial score (nSPS) is 23.8. The van der Waals surface area contributed by atoms with Crippen LogP contribution in [-0.2, 0) is 9.59 Å². The molecule has 2 heterocycles. The first-order valence-electron chi connectivity index (χ1n) is 7.27. The zero-order valence-corrected chi connectivity index (χ0v) is 12.7. The molecule has 1 N–H and O–H groups in total. The van der Waals surface area contributed by atoms with Gasteiger partial charge in [-0.15, -0.1) is 0 Å². The number of carbonyl (C=O) groups excluding carboxylic acids is 1. The van der Waals surface area contributed by atoms with Gasteiger partial charge in [0.2, 0.25) is 5.91 Å². The van der Waals surface area contributed by atoms with Crippen LogP contribution in [0.5, 0.6) is 0 Å². The molecule has 5 heteroatoms. The zero-order valence-electron chi connectivity index (χ0n) is 12.7. The molecule has 0 bridgehead atoms. The Labute approximate surface area is 125 Å². The maximum absolute atomic E-state index is 12.5. The summed E-state index contributed by atoms with van der Waals surface area (Å²) in [5.74, 6) is -1.41. The second-order valence-electron chi connectivity index (χ2n) is 6.50. The Hall–Kier alpha value is -1.91. The highest BCUT2D eigenvalue weighted by atomic mass is 16.4. The minimum absolute atomic E-state index is 0.0214. The maximum Gasteiger partial charge on any atom is 0.308 e. The van der Waals surface area contributed by atoms with Gasteiger partial charge in [0.15, 0.2) is 0 Å². The number of hydrogen-bond acceptors (Lipinski definition) is 3. The number of likely N-dealkylation sites (tertiary alicyclic amines) is 1. The second-order valence-corrected chi connectivity index (χ2v) is 6.50. The van der Waals surface area contributed by atoms with Crippen LogP contribution in [0.3, 0.4) is 0 Å². The fourth-order valence-electron chi connectivity index (χ4n) is 3.08. The van der Waals surface area contributed by atoms with Crippen molar-refractivity contribution in [3.63, 3.8) is 0 Å². The number of carboxylic acid groups (broad SMARTS) is 1. The van der Waals surface area contributed by atoms with Crippen molar-refractivity contribution in [1.82, 2.24) is 9.88 Å². The molecule has 21 heavy (non-hydrogen) atoms. The second kappa shape index (κ2) is 5.84. The summed E-state index contributed by atoms with van der Waals surface area (Å²) in [5.41, 5.74) is 0.408. The van der Waals surface area contributed by atoms with Gasteiger partial charge in [0.1, 0.15) is 0 Å². The number of amides is 1. The summed E-state index contributed by atoms with van der Waals surface area (Å²) in [6.07, 6.45) is 4.82. The number of pyridine rings is 1. The summed E-state index contributed by atoms with van der Waals surface area (Å²) in [6.45, 7) is 5.84. The molecule has 0 spiro atoms. The van der Waals surface area contributed by atoms with Crippen LogP contribution < -0.4 is 0 Å². The van der Waals surface area contributed by atoms with E-state index in [1.54, 1.807) is 29.4 Å². The summed E-state index contributed by atoms with van der Waals surface area (Å²) >= 11 is 0. The van der Waals surface area contributed by atoms with Crippen LogP contribution in [0, 0.1) is 5.92 Å². The monoisotopic (exact) mass is 290 g/mol. The van der Waals surface area contributed by atoms with Crippen LogP contribution in [0.25, 0.3) is 0 Å². The third kappa shape index (κ3) is 3.23. The average Bonchev–Trinajstić information content (AvgIpc) is 2.58. The third-order valence-electron chi connectivity index (χ3n) is 3.92. The van der Waals surface area contributed by atoms with E-state index in [-0.39, 0.29) is 5.91 Å². The van der Waals surface area contributed by atoms with Gasteiger partial charge in [0.05, 0.1) is 12.0 Å². The van der Waals surface area contributed by atoms with Crippen LogP contribution >= 0.6 is 0 Å². The fourth-order valence-corrected chi connectivity index (χ4v) is 3.08. The van der Waals surface area contributed by atoms with Crippen molar-refractivity contribution in [2.75, 3.05) is 0 Å². The molecule has 0 radical (unpaired) electrons. The van der Waals surface area contributed by atoms with Gasteiger partial charge >= 0.3 is 5.97 Å². The smallest absolute Gasteiger partial charge is 0.308 e. The molecule has 1 amide bonds. The SMILES string of the molecule is CC(C)(C)N1C(=O)CCCC(C(=O)O)C1c1ccncc1. The van der Waals surface area contributed by atoms with Crippen molar-refractivity contribution in [3.8, 4) is 0 Å².